The zero-order chi connectivity index (χ0) is 15.2. The monoisotopic (exact) mass is 291 g/mol. The van der Waals surface area contributed by atoms with Gasteiger partial charge in [-0.15, -0.1) is 0 Å². The minimum atomic E-state index is -0.313. The number of rotatable bonds is 3. The number of benzene rings is 1. The molecule has 114 valence electrons. The minimum absolute atomic E-state index is 0.0344. The number of amides is 3. The van der Waals surface area contributed by atoms with Crippen LogP contribution in [0, 0.1) is 0 Å². The molecule has 0 aliphatic carbocycles. The number of morpholine rings is 1. The topological polar surface area (TPSA) is 70.7 Å². The Bertz CT molecular complexity index is 511. The molecule has 0 spiro atoms. The molecule has 1 aliphatic heterocycles. The lowest BCUT2D eigenvalue weighted by Gasteiger charge is -2.27. The van der Waals surface area contributed by atoms with Crippen molar-refractivity contribution < 1.29 is 14.3 Å². The lowest BCUT2D eigenvalue weighted by atomic mass is 10.1. The van der Waals surface area contributed by atoms with Crippen LogP contribution in [-0.4, -0.2) is 49.2 Å². The molecule has 2 N–H and O–H groups in total. The van der Waals surface area contributed by atoms with E-state index in [2.05, 4.69) is 10.6 Å². The Morgan fingerprint density at radius 2 is 1.86 bits per heavy atom. The lowest BCUT2D eigenvalue weighted by molar-refractivity contribution is 0.0303. The number of urea groups is 1. The Kier molecular flexibility index (Phi) is 5.16. The standard InChI is InChI=1S/C15H21N3O3/c1-11(2)16-15(20)17-13-6-4-3-5-12(13)14(19)18-7-9-21-10-8-18/h3-6,11H,7-10H2,1-2H3,(H2,16,17,20). The molecule has 3 amide bonds. The molecule has 21 heavy (non-hydrogen) atoms. The van der Waals surface area contributed by atoms with E-state index in [1.807, 2.05) is 13.8 Å². The van der Waals surface area contributed by atoms with Gasteiger partial charge < -0.3 is 20.3 Å². The Labute approximate surface area is 124 Å². The van der Waals surface area contributed by atoms with E-state index in [0.717, 1.165) is 0 Å². The molecule has 0 unspecified atom stereocenters. The van der Waals surface area contributed by atoms with Crippen LogP contribution in [0.15, 0.2) is 24.3 Å². The van der Waals surface area contributed by atoms with Gasteiger partial charge in [-0.3, -0.25) is 4.79 Å². The second kappa shape index (κ2) is 7.08. The fraction of sp³-hybridized carbons (Fsp3) is 0.467. The second-order valence-corrected chi connectivity index (χ2v) is 5.20. The highest BCUT2D eigenvalue weighted by molar-refractivity contribution is 6.03. The number of nitrogens with zero attached hydrogens (tertiary/aromatic N) is 1. The van der Waals surface area contributed by atoms with Crippen molar-refractivity contribution in [1.82, 2.24) is 10.2 Å². The van der Waals surface area contributed by atoms with Gasteiger partial charge in [-0.05, 0) is 26.0 Å². The maximum absolute atomic E-state index is 12.5. The van der Waals surface area contributed by atoms with E-state index >= 15 is 0 Å². The summed E-state index contributed by atoms with van der Waals surface area (Å²) in [7, 11) is 0. The van der Waals surface area contributed by atoms with Gasteiger partial charge in [-0.25, -0.2) is 4.79 Å². The van der Waals surface area contributed by atoms with Crippen molar-refractivity contribution in [1.29, 1.82) is 0 Å². The predicted molar refractivity (Wildman–Crippen MR) is 80.5 cm³/mol. The average Bonchev–Trinajstić information content (AvgIpc) is 2.47. The number of nitrogens with one attached hydrogen (secondary N) is 2. The van der Waals surface area contributed by atoms with Gasteiger partial charge >= 0.3 is 6.03 Å². The maximum atomic E-state index is 12.5. The van der Waals surface area contributed by atoms with Crippen LogP contribution < -0.4 is 10.6 Å². The van der Waals surface area contributed by atoms with Gasteiger partial charge in [0.1, 0.15) is 0 Å². The summed E-state index contributed by atoms with van der Waals surface area (Å²) in [4.78, 5) is 26.1. The highest BCUT2D eigenvalue weighted by atomic mass is 16.5. The zero-order valence-electron chi connectivity index (χ0n) is 12.4. The van der Waals surface area contributed by atoms with E-state index < -0.39 is 0 Å². The predicted octanol–water partition coefficient (Wildman–Crippen LogP) is 1.69. The third-order valence-electron chi connectivity index (χ3n) is 3.12. The SMILES string of the molecule is CC(C)NC(=O)Nc1ccccc1C(=O)N1CCOCC1. The van der Waals surface area contributed by atoms with Crippen LogP contribution in [0.25, 0.3) is 0 Å². The van der Waals surface area contributed by atoms with Gasteiger partial charge in [0.25, 0.3) is 5.91 Å². The fourth-order valence-corrected chi connectivity index (χ4v) is 2.14. The van der Waals surface area contributed by atoms with Crippen molar-refractivity contribution in [2.24, 2.45) is 0 Å². The molecule has 1 heterocycles. The molecular formula is C15H21N3O3. The van der Waals surface area contributed by atoms with E-state index in [1.165, 1.54) is 0 Å². The number of carbonyl (C=O) groups is 2. The number of carbonyl (C=O) groups excluding carboxylic acids is 2. The van der Waals surface area contributed by atoms with Gasteiger partial charge in [0.15, 0.2) is 0 Å². The normalized spacial score (nSPS) is 14.9. The number of hydrogen-bond donors (Lipinski definition) is 2. The largest absolute Gasteiger partial charge is 0.378 e. The minimum Gasteiger partial charge on any atom is -0.378 e. The molecule has 1 saturated heterocycles. The van der Waals surface area contributed by atoms with Crippen LogP contribution in [-0.2, 0) is 4.74 Å². The molecule has 6 nitrogen and oxygen atoms in total. The van der Waals surface area contributed by atoms with E-state index in [4.69, 9.17) is 4.74 Å². The van der Waals surface area contributed by atoms with Crippen LogP contribution >= 0.6 is 0 Å². The molecule has 1 aliphatic rings. The molecule has 1 aromatic carbocycles. The average molecular weight is 291 g/mol. The summed E-state index contributed by atoms with van der Waals surface area (Å²) in [6.45, 7) is 6.01. The molecule has 0 radical (unpaired) electrons. The van der Waals surface area contributed by atoms with Crippen molar-refractivity contribution in [3.63, 3.8) is 0 Å². The highest BCUT2D eigenvalue weighted by Gasteiger charge is 2.21. The summed E-state index contributed by atoms with van der Waals surface area (Å²) >= 11 is 0. The van der Waals surface area contributed by atoms with Crippen molar-refractivity contribution >= 4 is 17.6 Å². The first-order chi connectivity index (χ1) is 10.1. The van der Waals surface area contributed by atoms with Gasteiger partial charge in [-0.2, -0.15) is 0 Å². The summed E-state index contributed by atoms with van der Waals surface area (Å²) in [5.74, 6) is -0.0845. The highest BCUT2D eigenvalue weighted by Crippen LogP contribution is 2.18. The molecule has 0 aromatic heterocycles. The first-order valence-electron chi connectivity index (χ1n) is 7.11. The summed E-state index contributed by atoms with van der Waals surface area (Å²) in [6, 6.07) is 6.76. The van der Waals surface area contributed by atoms with E-state index in [0.29, 0.717) is 37.6 Å². The molecule has 1 aromatic rings. The van der Waals surface area contributed by atoms with Crippen LogP contribution in [0.1, 0.15) is 24.2 Å². The third kappa shape index (κ3) is 4.19. The van der Waals surface area contributed by atoms with Gasteiger partial charge in [0.2, 0.25) is 0 Å². The summed E-state index contributed by atoms with van der Waals surface area (Å²) in [5.41, 5.74) is 1.02. The number of hydrogen-bond acceptors (Lipinski definition) is 3. The molecular weight excluding hydrogens is 270 g/mol. The molecule has 6 heteroatoms. The second-order valence-electron chi connectivity index (χ2n) is 5.20. The van der Waals surface area contributed by atoms with Gasteiger partial charge in [0.05, 0.1) is 24.5 Å². The van der Waals surface area contributed by atoms with Crippen molar-refractivity contribution in [2.45, 2.75) is 19.9 Å². The summed E-state index contributed by atoms with van der Waals surface area (Å²) in [6.07, 6.45) is 0. The number of anilines is 1. The van der Waals surface area contributed by atoms with Crippen molar-refractivity contribution in [3.8, 4) is 0 Å². The quantitative estimate of drug-likeness (QED) is 0.890. The first-order valence-corrected chi connectivity index (χ1v) is 7.11. The fourth-order valence-electron chi connectivity index (χ4n) is 2.14. The first kappa shape index (κ1) is 15.3. The van der Waals surface area contributed by atoms with Gasteiger partial charge in [0, 0.05) is 19.1 Å². The van der Waals surface area contributed by atoms with Crippen molar-refractivity contribution in [3.05, 3.63) is 29.8 Å². The maximum Gasteiger partial charge on any atom is 0.319 e. The summed E-state index contributed by atoms with van der Waals surface area (Å²) in [5, 5.41) is 5.48. The number of ether oxygens (including phenoxy) is 1. The smallest absolute Gasteiger partial charge is 0.319 e. The molecule has 1 fully saturated rings. The van der Waals surface area contributed by atoms with Crippen LogP contribution in [0.5, 0.6) is 0 Å². The van der Waals surface area contributed by atoms with Crippen molar-refractivity contribution in [2.75, 3.05) is 31.6 Å². The lowest BCUT2D eigenvalue weighted by Crippen LogP contribution is -2.41. The molecule has 0 bridgehead atoms. The zero-order valence-corrected chi connectivity index (χ0v) is 12.4. The van der Waals surface area contributed by atoms with Crippen LogP contribution in [0.4, 0.5) is 10.5 Å². The van der Waals surface area contributed by atoms with Crippen LogP contribution in [0.2, 0.25) is 0 Å². The molecule has 2 rings (SSSR count). The Balaban J connectivity index is 2.12. The third-order valence-corrected chi connectivity index (χ3v) is 3.12. The Morgan fingerprint density at radius 3 is 2.52 bits per heavy atom. The summed E-state index contributed by atoms with van der Waals surface area (Å²) < 4.78 is 5.25. The molecule has 0 atom stereocenters. The Morgan fingerprint density at radius 1 is 1.19 bits per heavy atom. The number of para-hydroxylation sites is 1. The Hall–Kier alpha value is -2.08. The van der Waals surface area contributed by atoms with E-state index in [-0.39, 0.29) is 18.0 Å². The molecule has 0 saturated carbocycles. The van der Waals surface area contributed by atoms with E-state index in [1.54, 1.807) is 29.2 Å². The van der Waals surface area contributed by atoms with Crippen LogP contribution in [0.3, 0.4) is 0 Å². The van der Waals surface area contributed by atoms with Gasteiger partial charge in [-0.1, -0.05) is 12.1 Å². The van der Waals surface area contributed by atoms with E-state index in [9.17, 15) is 9.59 Å².